The zero-order valence-electron chi connectivity index (χ0n) is 8.41. The van der Waals surface area contributed by atoms with Crippen LogP contribution in [0.3, 0.4) is 0 Å². The van der Waals surface area contributed by atoms with Crippen molar-refractivity contribution in [2.24, 2.45) is 0 Å². The zero-order valence-corrected chi connectivity index (χ0v) is 9.23. The number of hydrogen-bond acceptors (Lipinski definition) is 3. The Bertz CT molecular complexity index is 309. The average Bonchev–Trinajstić information content (AvgIpc) is 2.62. The Morgan fingerprint density at radius 2 is 2.36 bits per heavy atom. The van der Waals surface area contributed by atoms with Crippen LogP contribution in [-0.2, 0) is 11.2 Å². The van der Waals surface area contributed by atoms with E-state index in [-0.39, 0.29) is 12.6 Å². The van der Waals surface area contributed by atoms with Gasteiger partial charge in [0.15, 0.2) is 0 Å². The first-order chi connectivity index (χ1) is 6.63. The molecule has 0 aromatic carbocycles. The van der Waals surface area contributed by atoms with Gasteiger partial charge in [0.05, 0.1) is 6.54 Å². The second-order valence-corrected chi connectivity index (χ2v) is 4.35. The molecule has 1 atom stereocenters. The van der Waals surface area contributed by atoms with E-state index in [4.69, 9.17) is 5.11 Å². The van der Waals surface area contributed by atoms with Crippen molar-refractivity contribution in [2.75, 3.05) is 6.54 Å². The van der Waals surface area contributed by atoms with E-state index in [1.807, 2.05) is 6.92 Å². The smallest absolute Gasteiger partial charge is 0.317 e. The third kappa shape index (κ3) is 3.12. The summed E-state index contributed by atoms with van der Waals surface area (Å²) in [7, 11) is 0. The summed E-state index contributed by atoms with van der Waals surface area (Å²) in [6.07, 6.45) is 1.04. The van der Waals surface area contributed by atoms with Gasteiger partial charge in [0.2, 0.25) is 0 Å². The lowest BCUT2D eigenvalue weighted by atomic mass is 10.2. The summed E-state index contributed by atoms with van der Waals surface area (Å²) in [4.78, 5) is 12.9. The van der Waals surface area contributed by atoms with Crippen LogP contribution in [0, 0.1) is 0 Å². The molecule has 0 aliphatic heterocycles. The minimum Gasteiger partial charge on any atom is -0.480 e. The van der Waals surface area contributed by atoms with E-state index in [2.05, 4.69) is 24.4 Å². The molecule has 3 nitrogen and oxygen atoms in total. The van der Waals surface area contributed by atoms with Gasteiger partial charge >= 0.3 is 5.97 Å². The van der Waals surface area contributed by atoms with Crippen LogP contribution in [0.1, 0.15) is 29.6 Å². The van der Waals surface area contributed by atoms with Crippen molar-refractivity contribution in [1.82, 2.24) is 5.32 Å². The van der Waals surface area contributed by atoms with Gasteiger partial charge in [0.25, 0.3) is 0 Å². The molecule has 4 heteroatoms. The molecule has 14 heavy (non-hydrogen) atoms. The lowest BCUT2D eigenvalue weighted by Crippen LogP contribution is -2.24. The quantitative estimate of drug-likeness (QED) is 0.787. The van der Waals surface area contributed by atoms with Crippen LogP contribution in [0.2, 0.25) is 0 Å². The molecule has 1 unspecified atom stereocenters. The third-order valence-electron chi connectivity index (χ3n) is 2.02. The van der Waals surface area contributed by atoms with E-state index in [0.29, 0.717) is 0 Å². The summed E-state index contributed by atoms with van der Waals surface area (Å²) in [6, 6.07) is 4.28. The minimum atomic E-state index is -0.816. The van der Waals surface area contributed by atoms with E-state index < -0.39 is 5.97 Å². The van der Waals surface area contributed by atoms with Gasteiger partial charge < -0.3 is 5.11 Å². The summed E-state index contributed by atoms with van der Waals surface area (Å²) in [5.41, 5.74) is 0. The second-order valence-electron chi connectivity index (χ2n) is 3.15. The molecule has 0 radical (unpaired) electrons. The molecule has 78 valence electrons. The first-order valence-corrected chi connectivity index (χ1v) is 5.49. The fraction of sp³-hybridized carbons (Fsp3) is 0.500. The monoisotopic (exact) mass is 213 g/mol. The number of thiophene rings is 1. The molecule has 0 spiro atoms. The van der Waals surface area contributed by atoms with Crippen LogP contribution in [0.4, 0.5) is 0 Å². The largest absolute Gasteiger partial charge is 0.480 e. The van der Waals surface area contributed by atoms with Gasteiger partial charge in [-0.25, -0.2) is 0 Å². The van der Waals surface area contributed by atoms with E-state index in [1.165, 1.54) is 9.75 Å². The summed E-state index contributed by atoms with van der Waals surface area (Å²) in [6.45, 7) is 4.11. The lowest BCUT2D eigenvalue weighted by Gasteiger charge is -2.09. The molecule has 1 aromatic rings. The number of carboxylic acids is 1. The predicted molar refractivity (Wildman–Crippen MR) is 57.8 cm³/mol. The van der Waals surface area contributed by atoms with Crippen molar-refractivity contribution in [3.8, 4) is 0 Å². The maximum Gasteiger partial charge on any atom is 0.317 e. The summed E-state index contributed by atoms with van der Waals surface area (Å²) in [5, 5.41) is 11.4. The number of aryl methyl sites for hydroxylation is 1. The maximum atomic E-state index is 10.3. The van der Waals surface area contributed by atoms with E-state index in [0.717, 1.165) is 6.42 Å². The number of nitrogens with one attached hydrogen (secondary N) is 1. The number of hydrogen-bond donors (Lipinski definition) is 2. The molecule has 1 heterocycles. The van der Waals surface area contributed by atoms with Gasteiger partial charge in [-0.3, -0.25) is 10.1 Å². The zero-order chi connectivity index (χ0) is 10.6. The van der Waals surface area contributed by atoms with Crippen LogP contribution in [-0.4, -0.2) is 17.6 Å². The molecular weight excluding hydrogens is 198 g/mol. The first-order valence-electron chi connectivity index (χ1n) is 4.67. The number of carboxylic acid groups (broad SMARTS) is 1. The normalized spacial score (nSPS) is 12.7. The molecule has 2 N–H and O–H groups in total. The Hall–Kier alpha value is -0.870. The molecule has 1 aromatic heterocycles. The Labute approximate surface area is 87.8 Å². The molecule has 0 saturated carbocycles. The number of carbonyl (C=O) groups is 1. The third-order valence-corrected chi connectivity index (χ3v) is 3.43. The Balaban J connectivity index is 2.51. The fourth-order valence-corrected chi connectivity index (χ4v) is 2.14. The molecular formula is C10H15NO2S. The van der Waals surface area contributed by atoms with E-state index in [1.54, 1.807) is 11.3 Å². The Kier molecular flexibility index (Phi) is 4.10. The van der Waals surface area contributed by atoms with Crippen LogP contribution in [0.15, 0.2) is 12.1 Å². The Morgan fingerprint density at radius 1 is 1.64 bits per heavy atom. The highest BCUT2D eigenvalue weighted by Gasteiger charge is 2.08. The van der Waals surface area contributed by atoms with Crippen LogP contribution >= 0.6 is 11.3 Å². The standard InChI is InChI=1S/C10H15NO2S/c1-3-8-4-5-9(14-8)7(2)11-6-10(12)13/h4-5,7,11H,3,6H2,1-2H3,(H,12,13). The number of aliphatic carboxylic acids is 1. The fourth-order valence-electron chi connectivity index (χ4n) is 1.16. The van der Waals surface area contributed by atoms with E-state index in [9.17, 15) is 4.79 Å². The highest BCUT2D eigenvalue weighted by atomic mass is 32.1. The van der Waals surface area contributed by atoms with Crippen LogP contribution in [0.25, 0.3) is 0 Å². The summed E-state index contributed by atoms with van der Waals surface area (Å²) >= 11 is 1.74. The summed E-state index contributed by atoms with van der Waals surface area (Å²) in [5.74, 6) is -0.816. The minimum absolute atomic E-state index is 0.0144. The van der Waals surface area contributed by atoms with Crippen LogP contribution < -0.4 is 5.32 Å². The molecule has 0 saturated heterocycles. The highest BCUT2D eigenvalue weighted by Crippen LogP contribution is 2.23. The first kappa shape index (κ1) is 11.2. The predicted octanol–water partition coefficient (Wildman–Crippen LogP) is 2.05. The molecule has 1 rings (SSSR count). The van der Waals surface area contributed by atoms with Crippen molar-refractivity contribution in [1.29, 1.82) is 0 Å². The second kappa shape index (κ2) is 5.12. The van der Waals surface area contributed by atoms with Gasteiger partial charge in [0.1, 0.15) is 0 Å². The molecule has 0 bridgehead atoms. The van der Waals surface area contributed by atoms with Gasteiger partial charge in [0, 0.05) is 15.8 Å². The molecule has 0 fully saturated rings. The topological polar surface area (TPSA) is 49.3 Å². The van der Waals surface area contributed by atoms with Crippen molar-refractivity contribution < 1.29 is 9.90 Å². The van der Waals surface area contributed by atoms with Crippen molar-refractivity contribution in [3.63, 3.8) is 0 Å². The maximum absolute atomic E-state index is 10.3. The van der Waals surface area contributed by atoms with Gasteiger partial charge in [-0.05, 0) is 25.5 Å². The van der Waals surface area contributed by atoms with E-state index >= 15 is 0 Å². The van der Waals surface area contributed by atoms with Gasteiger partial charge in [-0.2, -0.15) is 0 Å². The van der Waals surface area contributed by atoms with Crippen molar-refractivity contribution in [2.45, 2.75) is 26.3 Å². The SMILES string of the molecule is CCc1ccc(C(C)NCC(=O)O)s1. The average molecular weight is 213 g/mol. The lowest BCUT2D eigenvalue weighted by molar-refractivity contribution is -0.136. The van der Waals surface area contributed by atoms with Crippen LogP contribution in [0.5, 0.6) is 0 Å². The van der Waals surface area contributed by atoms with Crippen molar-refractivity contribution in [3.05, 3.63) is 21.9 Å². The van der Waals surface area contributed by atoms with Gasteiger partial charge in [-0.1, -0.05) is 6.92 Å². The molecule has 0 aliphatic carbocycles. The van der Waals surface area contributed by atoms with Crippen molar-refractivity contribution >= 4 is 17.3 Å². The number of rotatable bonds is 5. The molecule has 0 amide bonds. The summed E-state index contributed by atoms with van der Waals surface area (Å²) < 4.78 is 0. The van der Waals surface area contributed by atoms with Gasteiger partial charge in [-0.15, -0.1) is 11.3 Å². The Morgan fingerprint density at radius 3 is 2.86 bits per heavy atom. The highest BCUT2D eigenvalue weighted by molar-refractivity contribution is 7.12. The molecule has 0 aliphatic rings.